The summed E-state index contributed by atoms with van der Waals surface area (Å²) in [5.74, 6) is -1.41. The lowest BCUT2D eigenvalue weighted by atomic mass is 10.1. The van der Waals surface area contributed by atoms with E-state index in [1.807, 2.05) is 13.0 Å². The summed E-state index contributed by atoms with van der Waals surface area (Å²) >= 11 is 0. The van der Waals surface area contributed by atoms with Crippen molar-refractivity contribution in [2.45, 2.75) is 13.3 Å². The van der Waals surface area contributed by atoms with Gasteiger partial charge in [-0.05, 0) is 42.3 Å². The smallest absolute Gasteiger partial charge is 0.356 e. The third-order valence-electron chi connectivity index (χ3n) is 3.24. The molecule has 0 aliphatic rings. The minimum atomic E-state index is -1.09. The summed E-state index contributed by atoms with van der Waals surface area (Å²) in [6.07, 6.45) is 2.07. The van der Waals surface area contributed by atoms with Crippen molar-refractivity contribution in [2.24, 2.45) is 0 Å². The van der Waals surface area contributed by atoms with Crippen molar-refractivity contribution >= 4 is 11.6 Å². The largest absolute Gasteiger partial charge is 0.476 e. The van der Waals surface area contributed by atoms with Crippen LogP contribution >= 0.6 is 0 Å². The van der Waals surface area contributed by atoms with Crippen molar-refractivity contribution in [3.63, 3.8) is 0 Å². The second-order valence-electron chi connectivity index (χ2n) is 4.61. The number of aromatic nitrogens is 3. The second-order valence-corrected chi connectivity index (χ2v) is 4.61. The Morgan fingerprint density at radius 1 is 1.33 bits per heavy atom. The number of aryl methyl sites for hydroxylation is 1. The molecule has 0 amide bonds. The number of fused-ring (bicyclic) bond motifs is 1. The standard InChI is InChI=1S/C15H12FN3O2/c1-2-9-7-12(10-3-5-11(16)6-4-10)18-19-8-13(15(20)21)17-14(9)19/h3-8H,2H2,1H3,(H,20,21). The predicted octanol–water partition coefficient (Wildman–Crippen LogP) is 2.80. The van der Waals surface area contributed by atoms with E-state index in [0.29, 0.717) is 17.8 Å². The van der Waals surface area contributed by atoms with Gasteiger partial charge in [-0.1, -0.05) is 6.92 Å². The molecule has 0 fully saturated rings. The van der Waals surface area contributed by atoms with Gasteiger partial charge in [-0.3, -0.25) is 0 Å². The Balaban J connectivity index is 2.20. The van der Waals surface area contributed by atoms with Gasteiger partial charge in [0.25, 0.3) is 0 Å². The molecule has 0 unspecified atom stereocenters. The SMILES string of the molecule is CCc1cc(-c2ccc(F)cc2)nn2cc(C(=O)O)nc12. The van der Waals surface area contributed by atoms with Gasteiger partial charge in [-0.15, -0.1) is 0 Å². The molecule has 6 heteroatoms. The minimum absolute atomic E-state index is 0.0477. The van der Waals surface area contributed by atoms with E-state index in [2.05, 4.69) is 10.1 Å². The van der Waals surface area contributed by atoms with Crippen molar-refractivity contribution in [2.75, 3.05) is 0 Å². The van der Waals surface area contributed by atoms with Gasteiger partial charge in [-0.25, -0.2) is 18.7 Å². The lowest BCUT2D eigenvalue weighted by molar-refractivity contribution is 0.0691. The molecule has 0 radical (unpaired) electrons. The monoisotopic (exact) mass is 285 g/mol. The maximum absolute atomic E-state index is 13.0. The maximum Gasteiger partial charge on any atom is 0.356 e. The Hall–Kier alpha value is -2.76. The lowest BCUT2D eigenvalue weighted by Crippen LogP contribution is -1.98. The highest BCUT2D eigenvalue weighted by atomic mass is 19.1. The Morgan fingerprint density at radius 2 is 2.05 bits per heavy atom. The molecule has 0 aliphatic carbocycles. The molecule has 0 bridgehead atoms. The van der Waals surface area contributed by atoms with E-state index >= 15 is 0 Å². The first-order valence-electron chi connectivity index (χ1n) is 6.47. The molecule has 1 N–H and O–H groups in total. The molecular weight excluding hydrogens is 273 g/mol. The molecule has 2 aromatic heterocycles. The summed E-state index contributed by atoms with van der Waals surface area (Å²) in [5.41, 5.74) is 2.78. The first-order chi connectivity index (χ1) is 10.1. The van der Waals surface area contributed by atoms with Crippen molar-refractivity contribution in [3.05, 3.63) is 53.6 Å². The van der Waals surface area contributed by atoms with E-state index < -0.39 is 5.97 Å². The van der Waals surface area contributed by atoms with Crippen LogP contribution in [0.4, 0.5) is 4.39 Å². The number of hydrogen-bond donors (Lipinski definition) is 1. The van der Waals surface area contributed by atoms with E-state index in [4.69, 9.17) is 5.11 Å². The molecule has 2 heterocycles. The fourth-order valence-electron chi connectivity index (χ4n) is 2.17. The number of nitrogens with zero attached hydrogens (tertiary/aromatic N) is 3. The van der Waals surface area contributed by atoms with Crippen molar-refractivity contribution < 1.29 is 14.3 Å². The van der Waals surface area contributed by atoms with Gasteiger partial charge in [-0.2, -0.15) is 5.10 Å². The number of halogens is 1. The highest BCUT2D eigenvalue weighted by molar-refractivity contribution is 5.86. The zero-order chi connectivity index (χ0) is 15.0. The van der Waals surface area contributed by atoms with Crippen LogP contribution in [0.1, 0.15) is 23.0 Å². The number of imidazole rings is 1. The molecule has 3 rings (SSSR count). The van der Waals surface area contributed by atoms with Crippen LogP contribution in [0.25, 0.3) is 16.9 Å². The molecular formula is C15H12FN3O2. The third-order valence-corrected chi connectivity index (χ3v) is 3.24. The summed E-state index contributed by atoms with van der Waals surface area (Å²) in [6.45, 7) is 1.96. The summed E-state index contributed by atoms with van der Waals surface area (Å²) in [5, 5.41) is 13.4. The van der Waals surface area contributed by atoms with Gasteiger partial charge in [0.1, 0.15) is 5.82 Å². The number of carboxylic acids is 1. The van der Waals surface area contributed by atoms with Gasteiger partial charge < -0.3 is 5.11 Å². The zero-order valence-corrected chi connectivity index (χ0v) is 11.2. The number of carboxylic acid groups (broad SMARTS) is 1. The van der Waals surface area contributed by atoms with Crippen LogP contribution in [0.5, 0.6) is 0 Å². The van der Waals surface area contributed by atoms with Gasteiger partial charge in [0.05, 0.1) is 11.9 Å². The fourth-order valence-corrected chi connectivity index (χ4v) is 2.17. The molecule has 5 nitrogen and oxygen atoms in total. The van der Waals surface area contributed by atoms with Crippen LogP contribution in [0.2, 0.25) is 0 Å². The second kappa shape index (κ2) is 4.97. The van der Waals surface area contributed by atoms with Crippen LogP contribution in [0.3, 0.4) is 0 Å². The first-order valence-corrected chi connectivity index (χ1v) is 6.47. The zero-order valence-electron chi connectivity index (χ0n) is 11.2. The average molecular weight is 285 g/mol. The van der Waals surface area contributed by atoms with Gasteiger partial charge in [0, 0.05) is 5.56 Å². The quantitative estimate of drug-likeness (QED) is 0.803. The van der Waals surface area contributed by atoms with Crippen LogP contribution in [0, 0.1) is 5.82 Å². The topological polar surface area (TPSA) is 67.5 Å². The van der Waals surface area contributed by atoms with Gasteiger partial charge >= 0.3 is 5.97 Å². The first kappa shape index (κ1) is 13.2. The van der Waals surface area contributed by atoms with Gasteiger partial charge in [0.15, 0.2) is 11.3 Å². The number of carbonyl (C=O) groups is 1. The van der Waals surface area contributed by atoms with E-state index in [0.717, 1.165) is 11.1 Å². The average Bonchev–Trinajstić information content (AvgIpc) is 2.91. The molecule has 0 saturated heterocycles. The fraction of sp³-hybridized carbons (Fsp3) is 0.133. The van der Waals surface area contributed by atoms with E-state index in [1.165, 1.54) is 22.8 Å². The number of rotatable bonds is 3. The molecule has 0 aliphatic heterocycles. The summed E-state index contributed by atoms with van der Waals surface area (Å²) in [6, 6.07) is 7.85. The third kappa shape index (κ3) is 2.35. The van der Waals surface area contributed by atoms with Crippen LogP contribution < -0.4 is 0 Å². The van der Waals surface area contributed by atoms with Crippen LogP contribution in [-0.4, -0.2) is 25.7 Å². The Kier molecular flexibility index (Phi) is 3.13. The molecule has 21 heavy (non-hydrogen) atoms. The molecule has 1 aromatic carbocycles. The van der Waals surface area contributed by atoms with Gasteiger partial charge in [0.2, 0.25) is 0 Å². The number of aromatic carboxylic acids is 1. The highest BCUT2D eigenvalue weighted by Gasteiger charge is 2.13. The summed E-state index contributed by atoms with van der Waals surface area (Å²) in [7, 11) is 0. The molecule has 0 saturated carbocycles. The Labute approximate surface area is 119 Å². The van der Waals surface area contributed by atoms with E-state index in [-0.39, 0.29) is 11.5 Å². The predicted molar refractivity (Wildman–Crippen MR) is 74.7 cm³/mol. The van der Waals surface area contributed by atoms with Crippen LogP contribution in [0.15, 0.2) is 36.5 Å². The Morgan fingerprint density at radius 3 is 2.67 bits per heavy atom. The molecule has 106 valence electrons. The van der Waals surface area contributed by atoms with E-state index in [1.54, 1.807) is 12.1 Å². The van der Waals surface area contributed by atoms with Crippen molar-refractivity contribution in [1.82, 2.24) is 14.6 Å². The van der Waals surface area contributed by atoms with Crippen molar-refractivity contribution in [1.29, 1.82) is 0 Å². The minimum Gasteiger partial charge on any atom is -0.476 e. The number of hydrogen-bond acceptors (Lipinski definition) is 3. The maximum atomic E-state index is 13.0. The normalized spacial score (nSPS) is 11.0. The van der Waals surface area contributed by atoms with E-state index in [9.17, 15) is 9.18 Å². The summed E-state index contributed by atoms with van der Waals surface area (Å²) in [4.78, 5) is 15.1. The van der Waals surface area contributed by atoms with Crippen LogP contribution in [-0.2, 0) is 6.42 Å². The highest BCUT2D eigenvalue weighted by Crippen LogP contribution is 2.21. The lowest BCUT2D eigenvalue weighted by Gasteiger charge is -2.05. The molecule has 3 aromatic rings. The molecule has 0 atom stereocenters. The molecule has 0 spiro atoms. The summed E-state index contributed by atoms with van der Waals surface area (Å²) < 4.78 is 14.5. The Bertz CT molecular complexity index is 825. The van der Waals surface area contributed by atoms with Crippen molar-refractivity contribution in [3.8, 4) is 11.3 Å². The number of benzene rings is 1.